The third-order valence-corrected chi connectivity index (χ3v) is 10.5. The molecule has 0 spiro atoms. The van der Waals surface area contributed by atoms with Crippen LogP contribution in [-0.2, 0) is 42.6 Å². The minimum atomic E-state index is -2.03. The minimum Gasteiger partial charge on any atom is -0.394 e. The molecule has 0 saturated carbocycles. The van der Waals surface area contributed by atoms with E-state index in [0.717, 1.165) is 0 Å². The molecule has 25 heteroatoms. The standard InChI is InChI=1S/C31H54O25/c1-7-13(35)19(41)17(39)11(50-7)5-48-28-24(46)21(43)18(40)12(54-28)6-49-30-26(22(44)15(37)9(3-33)52-30)56-31-27(23(45)16(38)10(4-34)53-31)55-29-25(47)20(42)14(36)8(2-32)51-29/h7-47H,2-6H2,1H3/t7-,8?,9?,10?,11?,12?,13?,14-,15-,16-,17-,18-,19-,20?,21?,22+,23?,24-,25-,26?,27-,28+,29-,30+,31-/m1/s1. The van der Waals surface area contributed by atoms with Crippen molar-refractivity contribution in [3.8, 4) is 0 Å². The molecule has 25 atom stereocenters. The summed E-state index contributed by atoms with van der Waals surface area (Å²) in [5, 5.41) is 166. The predicted molar refractivity (Wildman–Crippen MR) is 170 cm³/mol. The van der Waals surface area contributed by atoms with Crippen molar-refractivity contribution < 1.29 is 124 Å². The van der Waals surface area contributed by atoms with E-state index >= 15 is 0 Å². The van der Waals surface area contributed by atoms with Gasteiger partial charge in [-0.2, -0.15) is 0 Å². The van der Waals surface area contributed by atoms with E-state index in [0.29, 0.717) is 0 Å². The Hall–Kier alpha value is -1.00. The van der Waals surface area contributed by atoms with Crippen molar-refractivity contribution in [3.63, 3.8) is 0 Å². The van der Waals surface area contributed by atoms with Crippen LogP contribution in [0.25, 0.3) is 0 Å². The summed E-state index contributed by atoms with van der Waals surface area (Å²) in [5.74, 6) is 0. The molecule has 16 N–H and O–H groups in total. The predicted octanol–water partition coefficient (Wildman–Crippen LogP) is -10.9. The first-order valence-corrected chi connectivity index (χ1v) is 17.9. The van der Waals surface area contributed by atoms with Crippen molar-refractivity contribution in [1.82, 2.24) is 0 Å². The Morgan fingerprint density at radius 1 is 0.339 bits per heavy atom. The smallest absolute Gasteiger partial charge is 0.187 e. The average Bonchev–Trinajstić information content (AvgIpc) is 3.18. The van der Waals surface area contributed by atoms with Crippen LogP contribution in [-0.4, -0.2) is 268 Å². The van der Waals surface area contributed by atoms with Crippen LogP contribution >= 0.6 is 0 Å². The molecule has 5 aliphatic rings. The summed E-state index contributed by atoms with van der Waals surface area (Å²) in [6.45, 7) is -2.53. The molecule has 0 aliphatic carbocycles. The highest BCUT2D eigenvalue weighted by Gasteiger charge is 2.55. The summed E-state index contributed by atoms with van der Waals surface area (Å²) in [7, 11) is 0. The van der Waals surface area contributed by atoms with Gasteiger partial charge in [-0.05, 0) is 6.92 Å². The highest BCUT2D eigenvalue weighted by Crippen LogP contribution is 2.34. The second-order valence-electron chi connectivity index (χ2n) is 14.3. The van der Waals surface area contributed by atoms with E-state index in [4.69, 9.17) is 42.6 Å². The molecule has 328 valence electrons. The molecule has 5 aliphatic heterocycles. The van der Waals surface area contributed by atoms with Crippen molar-refractivity contribution in [1.29, 1.82) is 0 Å². The monoisotopic (exact) mass is 826 g/mol. The fraction of sp³-hybridized carbons (Fsp3) is 1.00. The van der Waals surface area contributed by atoms with Gasteiger partial charge in [0.05, 0.1) is 39.1 Å². The van der Waals surface area contributed by atoms with Gasteiger partial charge in [0.1, 0.15) is 122 Å². The average molecular weight is 827 g/mol. The summed E-state index contributed by atoms with van der Waals surface area (Å²) >= 11 is 0. The SMILES string of the molecule is C[C@H]1OC(CO[C@H]2OC(CO[C@H]3OC(CO)[C@@H](O)[C@H](O)C3O[C@H]3OC(CO)[C@@H](O)C(O)[C@H]3O[C@H]3OC(CO)[C@@H](O)C(O)[C@H]3O)[C@@H](O)C(O)[C@H]2O)[C@@H](O)[C@H](O)C1O. The Morgan fingerprint density at radius 3 is 1.20 bits per heavy atom. The van der Waals surface area contributed by atoms with Crippen molar-refractivity contribution >= 4 is 0 Å². The van der Waals surface area contributed by atoms with Gasteiger partial charge in [0, 0.05) is 0 Å². The third kappa shape index (κ3) is 9.47. The Morgan fingerprint density at radius 2 is 0.679 bits per heavy atom. The van der Waals surface area contributed by atoms with Gasteiger partial charge in [-0.15, -0.1) is 0 Å². The normalized spacial score (nSPS) is 53.2. The molecule has 0 aromatic carbocycles. The third-order valence-electron chi connectivity index (χ3n) is 10.5. The summed E-state index contributed by atoms with van der Waals surface area (Å²) < 4.78 is 50.3. The van der Waals surface area contributed by atoms with Gasteiger partial charge in [0.15, 0.2) is 25.2 Å². The zero-order chi connectivity index (χ0) is 41.3. The van der Waals surface area contributed by atoms with Crippen LogP contribution in [0.3, 0.4) is 0 Å². The molecule has 0 aromatic rings. The van der Waals surface area contributed by atoms with Crippen LogP contribution in [0.15, 0.2) is 0 Å². The number of hydrogen-bond acceptors (Lipinski definition) is 25. The molecule has 5 heterocycles. The summed E-state index contributed by atoms with van der Waals surface area (Å²) in [6.07, 6.45) is -43.4. The lowest BCUT2D eigenvalue weighted by Crippen LogP contribution is -2.67. The molecular weight excluding hydrogens is 772 g/mol. The van der Waals surface area contributed by atoms with Gasteiger partial charge in [0.25, 0.3) is 0 Å². The fourth-order valence-electron chi connectivity index (χ4n) is 6.98. The van der Waals surface area contributed by atoms with Gasteiger partial charge in [-0.3, -0.25) is 0 Å². The lowest BCUT2D eigenvalue weighted by Gasteiger charge is -2.48. The maximum absolute atomic E-state index is 11.1. The molecule has 0 amide bonds. The highest BCUT2D eigenvalue weighted by atomic mass is 16.8. The number of rotatable bonds is 13. The summed E-state index contributed by atoms with van der Waals surface area (Å²) in [5.41, 5.74) is 0. The van der Waals surface area contributed by atoms with Crippen LogP contribution in [0.5, 0.6) is 0 Å². The van der Waals surface area contributed by atoms with Gasteiger partial charge in [-0.25, -0.2) is 0 Å². The molecule has 5 fully saturated rings. The lowest BCUT2D eigenvalue weighted by molar-refractivity contribution is -0.395. The zero-order valence-electron chi connectivity index (χ0n) is 29.8. The fourth-order valence-corrected chi connectivity index (χ4v) is 6.98. The van der Waals surface area contributed by atoms with Gasteiger partial charge in [0.2, 0.25) is 0 Å². The lowest BCUT2D eigenvalue weighted by atomic mass is 9.96. The molecule has 0 bridgehead atoms. The topological polar surface area (TPSA) is 407 Å². The van der Waals surface area contributed by atoms with Gasteiger partial charge in [-0.1, -0.05) is 0 Å². The van der Waals surface area contributed by atoms with Crippen LogP contribution < -0.4 is 0 Å². The number of aliphatic hydroxyl groups is 16. The van der Waals surface area contributed by atoms with Crippen molar-refractivity contribution in [3.05, 3.63) is 0 Å². The van der Waals surface area contributed by atoms with E-state index in [-0.39, 0.29) is 0 Å². The largest absolute Gasteiger partial charge is 0.394 e. The Balaban J connectivity index is 1.32. The van der Waals surface area contributed by atoms with Crippen LogP contribution in [0.1, 0.15) is 6.92 Å². The van der Waals surface area contributed by atoms with Gasteiger partial charge < -0.3 is 124 Å². The van der Waals surface area contributed by atoms with Crippen LogP contribution in [0.2, 0.25) is 0 Å². The molecule has 10 unspecified atom stereocenters. The van der Waals surface area contributed by atoms with Crippen molar-refractivity contribution in [2.24, 2.45) is 0 Å². The van der Waals surface area contributed by atoms with E-state index in [1.165, 1.54) is 6.92 Å². The molecule has 0 aromatic heterocycles. The molecule has 5 rings (SSSR count). The first-order chi connectivity index (χ1) is 26.4. The highest BCUT2D eigenvalue weighted by molar-refractivity contribution is 4.97. The van der Waals surface area contributed by atoms with Crippen molar-refractivity contribution in [2.75, 3.05) is 33.0 Å². The van der Waals surface area contributed by atoms with E-state index in [2.05, 4.69) is 0 Å². The summed E-state index contributed by atoms with van der Waals surface area (Å²) in [4.78, 5) is 0. The second-order valence-corrected chi connectivity index (χ2v) is 14.3. The molecule has 5 saturated heterocycles. The Labute approximate surface area is 317 Å². The second kappa shape index (κ2) is 19.6. The van der Waals surface area contributed by atoms with E-state index < -0.39 is 186 Å². The molecule has 56 heavy (non-hydrogen) atoms. The first-order valence-electron chi connectivity index (χ1n) is 17.9. The minimum absolute atomic E-state index is 0.541. The summed E-state index contributed by atoms with van der Waals surface area (Å²) in [6, 6.07) is 0. The van der Waals surface area contributed by atoms with Crippen molar-refractivity contribution in [2.45, 2.75) is 160 Å². The molecule has 25 nitrogen and oxygen atoms in total. The maximum Gasteiger partial charge on any atom is 0.187 e. The number of hydrogen-bond donors (Lipinski definition) is 16. The maximum atomic E-state index is 11.1. The Kier molecular flexibility index (Phi) is 16.1. The van der Waals surface area contributed by atoms with E-state index in [9.17, 15) is 81.7 Å². The Bertz CT molecular complexity index is 1210. The van der Waals surface area contributed by atoms with Gasteiger partial charge >= 0.3 is 0 Å². The van der Waals surface area contributed by atoms with Crippen LogP contribution in [0, 0.1) is 0 Å². The molecule has 0 radical (unpaired) electrons. The quantitative estimate of drug-likeness (QED) is 0.0819. The van der Waals surface area contributed by atoms with Crippen LogP contribution in [0.4, 0.5) is 0 Å². The zero-order valence-corrected chi connectivity index (χ0v) is 29.8. The van der Waals surface area contributed by atoms with E-state index in [1.54, 1.807) is 0 Å². The molecular formula is C31H54O25. The number of ether oxygens (including phenoxy) is 9. The number of aliphatic hydroxyl groups excluding tert-OH is 16. The van der Waals surface area contributed by atoms with E-state index in [1.807, 2.05) is 0 Å². The first kappa shape index (κ1) is 46.1.